The molecule has 0 fully saturated rings. The smallest absolute Gasteiger partial charge is 0.357 e. The molecule has 0 aromatic rings. The molecule has 0 saturated carbocycles. The fourth-order valence-corrected chi connectivity index (χ4v) is 1.88. The summed E-state index contributed by atoms with van der Waals surface area (Å²) in [6.45, 7) is 8.27. The lowest BCUT2D eigenvalue weighted by Crippen LogP contribution is -2.14. The summed E-state index contributed by atoms with van der Waals surface area (Å²) < 4.78 is 4.98. The van der Waals surface area contributed by atoms with Gasteiger partial charge in [0.2, 0.25) is 0 Å². The van der Waals surface area contributed by atoms with E-state index in [-0.39, 0.29) is 5.97 Å². The van der Waals surface area contributed by atoms with Crippen molar-refractivity contribution < 1.29 is 9.53 Å². The summed E-state index contributed by atoms with van der Waals surface area (Å²) in [5.74, 6) is -0.294. The number of carbonyl (C=O) groups is 1. The molecule has 0 spiro atoms. The summed E-state index contributed by atoms with van der Waals surface area (Å²) >= 11 is 0. The van der Waals surface area contributed by atoms with E-state index in [0.29, 0.717) is 12.3 Å². The van der Waals surface area contributed by atoms with Crippen molar-refractivity contribution in [1.82, 2.24) is 5.32 Å². The van der Waals surface area contributed by atoms with Crippen LogP contribution >= 0.6 is 0 Å². The maximum absolute atomic E-state index is 11.6. The Bertz CT molecular complexity index is 327. The molecule has 1 aliphatic heterocycles. The van der Waals surface area contributed by atoms with Crippen LogP contribution in [0.4, 0.5) is 0 Å². The molecule has 0 amide bonds. The first-order chi connectivity index (χ1) is 7.15. The van der Waals surface area contributed by atoms with E-state index in [4.69, 9.17) is 4.74 Å². The van der Waals surface area contributed by atoms with Gasteiger partial charge in [-0.15, -0.1) is 0 Å². The second kappa shape index (κ2) is 5.01. The Morgan fingerprint density at radius 2 is 1.80 bits per heavy atom. The topological polar surface area (TPSA) is 40.4 Å². The van der Waals surface area contributed by atoms with Crippen molar-refractivity contribution in [2.75, 3.05) is 6.61 Å². The van der Waals surface area contributed by atoms with Crippen molar-refractivity contribution in [3.8, 4) is 0 Å². The van der Waals surface area contributed by atoms with Gasteiger partial charge in [-0.1, -0.05) is 13.8 Å². The van der Waals surface area contributed by atoms with Gasteiger partial charge in [0.25, 0.3) is 0 Å². The third kappa shape index (κ3) is 2.22. The average molecular weight is 208 g/mol. The molecular weight excluding hydrogens is 190 g/mol. The predicted octanol–water partition coefficient (Wildman–Crippen LogP) is 2.52. The van der Waals surface area contributed by atoms with E-state index >= 15 is 0 Å². The summed E-state index contributed by atoms with van der Waals surface area (Å²) in [6, 6.07) is 0. The van der Waals surface area contributed by atoms with E-state index in [1.807, 2.05) is 13.8 Å². The highest BCUT2D eigenvalue weighted by Crippen LogP contribution is 2.30. The lowest BCUT2D eigenvalue weighted by Gasteiger charge is -2.05. The Kier molecular flexibility index (Phi) is 3.95. The standard InChI is InChI=1S/C12H18NO2/c1-5-9-8(4)13-11(10(9)6-2)12(14)15-7-3/h5-7H2,1-4H3. The Labute approximate surface area is 91.2 Å². The third-order valence-electron chi connectivity index (χ3n) is 2.54. The molecule has 0 unspecified atom stereocenters. The number of allylic oxidation sites excluding steroid dienone is 3. The second-order valence-electron chi connectivity index (χ2n) is 3.43. The zero-order chi connectivity index (χ0) is 11.4. The van der Waals surface area contributed by atoms with Crippen LogP contribution in [0.1, 0.15) is 40.5 Å². The van der Waals surface area contributed by atoms with Gasteiger partial charge >= 0.3 is 5.97 Å². The van der Waals surface area contributed by atoms with Crippen LogP contribution in [-0.4, -0.2) is 12.6 Å². The van der Waals surface area contributed by atoms with Crippen LogP contribution in [0.15, 0.2) is 22.5 Å². The Morgan fingerprint density at radius 1 is 1.20 bits per heavy atom. The number of hydrogen-bond acceptors (Lipinski definition) is 2. The predicted molar refractivity (Wildman–Crippen MR) is 59.1 cm³/mol. The van der Waals surface area contributed by atoms with Gasteiger partial charge in [0, 0.05) is 5.70 Å². The molecule has 0 N–H and O–H groups in total. The summed E-state index contributed by atoms with van der Waals surface area (Å²) in [4.78, 5) is 11.6. The van der Waals surface area contributed by atoms with Crippen molar-refractivity contribution in [2.24, 2.45) is 0 Å². The first-order valence-electron chi connectivity index (χ1n) is 5.47. The van der Waals surface area contributed by atoms with E-state index in [2.05, 4.69) is 12.2 Å². The number of carbonyl (C=O) groups excluding carboxylic acids is 1. The van der Waals surface area contributed by atoms with Gasteiger partial charge in [0.1, 0.15) is 0 Å². The minimum Gasteiger partial charge on any atom is -0.461 e. The highest BCUT2D eigenvalue weighted by atomic mass is 16.5. The molecule has 3 heteroatoms. The number of esters is 1. The molecule has 83 valence electrons. The molecular formula is C12H18NO2. The molecule has 0 saturated heterocycles. The van der Waals surface area contributed by atoms with Crippen LogP contribution in [0.2, 0.25) is 0 Å². The van der Waals surface area contributed by atoms with Crippen LogP contribution in [0, 0.1) is 0 Å². The normalized spacial score (nSPS) is 15.7. The fraction of sp³-hybridized carbons (Fsp3) is 0.583. The Hall–Kier alpha value is -1.25. The summed E-state index contributed by atoms with van der Waals surface area (Å²) in [5, 5.41) is 4.30. The third-order valence-corrected chi connectivity index (χ3v) is 2.54. The minimum atomic E-state index is -0.294. The Balaban J connectivity index is 2.96. The van der Waals surface area contributed by atoms with Crippen molar-refractivity contribution in [3.63, 3.8) is 0 Å². The van der Waals surface area contributed by atoms with Gasteiger partial charge in [-0.3, -0.25) is 0 Å². The number of rotatable bonds is 4. The lowest BCUT2D eigenvalue weighted by molar-refractivity contribution is -0.138. The van der Waals surface area contributed by atoms with Crippen LogP contribution in [0.3, 0.4) is 0 Å². The first-order valence-corrected chi connectivity index (χ1v) is 5.47. The monoisotopic (exact) mass is 208 g/mol. The molecule has 1 radical (unpaired) electrons. The highest BCUT2D eigenvalue weighted by molar-refractivity contribution is 5.91. The quantitative estimate of drug-likeness (QED) is 0.666. The van der Waals surface area contributed by atoms with Gasteiger partial charge in [-0.05, 0) is 37.8 Å². The summed E-state index contributed by atoms with van der Waals surface area (Å²) in [7, 11) is 0. The van der Waals surface area contributed by atoms with Gasteiger partial charge in [0.15, 0.2) is 5.70 Å². The fourth-order valence-electron chi connectivity index (χ4n) is 1.88. The van der Waals surface area contributed by atoms with E-state index in [0.717, 1.165) is 24.1 Å². The van der Waals surface area contributed by atoms with Crippen LogP contribution in [0.25, 0.3) is 0 Å². The first kappa shape index (κ1) is 11.8. The lowest BCUT2D eigenvalue weighted by atomic mass is 10.0. The van der Waals surface area contributed by atoms with Crippen molar-refractivity contribution in [2.45, 2.75) is 40.5 Å². The van der Waals surface area contributed by atoms with E-state index in [1.165, 1.54) is 5.57 Å². The van der Waals surface area contributed by atoms with E-state index < -0.39 is 0 Å². The second-order valence-corrected chi connectivity index (χ2v) is 3.43. The SMILES string of the molecule is CCOC(=O)C1=C(CC)C(CC)=C(C)[N]1. The number of nitrogens with zero attached hydrogens (tertiary/aromatic N) is 1. The zero-order valence-electron chi connectivity index (χ0n) is 9.89. The minimum absolute atomic E-state index is 0.294. The zero-order valence-corrected chi connectivity index (χ0v) is 9.89. The molecule has 0 atom stereocenters. The number of ether oxygens (including phenoxy) is 1. The molecule has 0 aromatic heterocycles. The molecule has 0 bridgehead atoms. The average Bonchev–Trinajstić information content (AvgIpc) is 2.54. The molecule has 1 heterocycles. The molecule has 1 rings (SSSR count). The largest absolute Gasteiger partial charge is 0.461 e. The molecule has 15 heavy (non-hydrogen) atoms. The van der Waals surface area contributed by atoms with Crippen LogP contribution in [0.5, 0.6) is 0 Å². The molecule has 3 nitrogen and oxygen atoms in total. The van der Waals surface area contributed by atoms with Crippen LogP contribution < -0.4 is 5.32 Å². The van der Waals surface area contributed by atoms with E-state index in [1.54, 1.807) is 6.92 Å². The van der Waals surface area contributed by atoms with Gasteiger partial charge < -0.3 is 4.74 Å². The van der Waals surface area contributed by atoms with Gasteiger partial charge in [-0.25, -0.2) is 10.1 Å². The number of hydrogen-bond donors (Lipinski definition) is 0. The highest BCUT2D eigenvalue weighted by Gasteiger charge is 2.26. The van der Waals surface area contributed by atoms with Gasteiger partial charge in [-0.2, -0.15) is 0 Å². The van der Waals surface area contributed by atoms with Gasteiger partial charge in [0.05, 0.1) is 6.61 Å². The maximum Gasteiger partial charge on any atom is 0.357 e. The molecule has 1 aliphatic rings. The van der Waals surface area contributed by atoms with E-state index in [9.17, 15) is 4.79 Å². The van der Waals surface area contributed by atoms with Crippen LogP contribution in [-0.2, 0) is 9.53 Å². The van der Waals surface area contributed by atoms with Crippen molar-refractivity contribution >= 4 is 5.97 Å². The summed E-state index contributed by atoms with van der Waals surface area (Å²) in [6.07, 6.45) is 1.75. The molecule has 0 aliphatic carbocycles. The maximum atomic E-state index is 11.6. The van der Waals surface area contributed by atoms with Crippen molar-refractivity contribution in [1.29, 1.82) is 0 Å². The summed E-state index contributed by atoms with van der Waals surface area (Å²) in [5.41, 5.74) is 3.71. The molecule has 0 aromatic carbocycles. The Morgan fingerprint density at radius 3 is 2.27 bits per heavy atom. The van der Waals surface area contributed by atoms with Crippen molar-refractivity contribution in [3.05, 3.63) is 22.5 Å².